The average Bonchev–Trinajstić information content (AvgIpc) is 3.54. The standard InChI is InChI=1S/C25H35N3OS.ClH/c1-2-3-7-19-10-12-20(13-11-19)17-26-24(29)16-23-18-30-25(28(23)22-14-15-22)27-21-8-5-4-6-9-21;/h10-13,18,21-22H,2-9,14-17H2,1H3,(H,26,29);1H. The van der Waals surface area contributed by atoms with E-state index in [1.54, 1.807) is 11.3 Å². The summed E-state index contributed by atoms with van der Waals surface area (Å²) in [5.74, 6) is 0.0986. The Bertz CT molecular complexity index is 892. The summed E-state index contributed by atoms with van der Waals surface area (Å²) in [6.07, 6.45) is 12.9. The molecule has 0 atom stereocenters. The molecule has 2 saturated carbocycles. The van der Waals surface area contributed by atoms with Crippen LogP contribution in [0.5, 0.6) is 0 Å². The summed E-state index contributed by atoms with van der Waals surface area (Å²) in [5.41, 5.74) is 3.67. The van der Waals surface area contributed by atoms with Gasteiger partial charge in [-0.15, -0.1) is 23.7 Å². The zero-order valence-electron chi connectivity index (χ0n) is 18.6. The molecule has 31 heavy (non-hydrogen) atoms. The number of hydrogen-bond acceptors (Lipinski definition) is 3. The molecule has 170 valence electrons. The third-order valence-electron chi connectivity index (χ3n) is 6.27. The first kappa shape index (κ1) is 24.1. The zero-order chi connectivity index (χ0) is 20.8. The summed E-state index contributed by atoms with van der Waals surface area (Å²) >= 11 is 1.72. The predicted octanol–water partition coefficient (Wildman–Crippen LogP) is 5.74. The average molecular weight is 462 g/mol. The van der Waals surface area contributed by atoms with Gasteiger partial charge < -0.3 is 9.88 Å². The zero-order valence-corrected chi connectivity index (χ0v) is 20.3. The number of rotatable bonds is 9. The van der Waals surface area contributed by atoms with Crippen molar-refractivity contribution in [2.45, 2.75) is 96.2 Å². The van der Waals surface area contributed by atoms with E-state index in [9.17, 15) is 4.79 Å². The monoisotopic (exact) mass is 461 g/mol. The van der Waals surface area contributed by atoms with Crippen molar-refractivity contribution in [2.75, 3.05) is 0 Å². The van der Waals surface area contributed by atoms with Gasteiger partial charge in [0.25, 0.3) is 0 Å². The first-order chi connectivity index (χ1) is 14.7. The van der Waals surface area contributed by atoms with Gasteiger partial charge >= 0.3 is 0 Å². The van der Waals surface area contributed by atoms with Crippen molar-refractivity contribution in [2.24, 2.45) is 4.99 Å². The summed E-state index contributed by atoms with van der Waals surface area (Å²) in [4.78, 5) is 18.9. The van der Waals surface area contributed by atoms with Gasteiger partial charge in [0.1, 0.15) is 0 Å². The molecule has 2 aliphatic rings. The lowest BCUT2D eigenvalue weighted by atomic mass is 9.96. The molecule has 6 heteroatoms. The number of aryl methyl sites for hydroxylation is 1. The van der Waals surface area contributed by atoms with E-state index < -0.39 is 0 Å². The van der Waals surface area contributed by atoms with E-state index in [0.29, 0.717) is 25.0 Å². The van der Waals surface area contributed by atoms with Crippen molar-refractivity contribution in [3.05, 3.63) is 51.3 Å². The Morgan fingerprint density at radius 2 is 1.81 bits per heavy atom. The summed E-state index contributed by atoms with van der Waals surface area (Å²) in [7, 11) is 0. The lowest BCUT2D eigenvalue weighted by Crippen LogP contribution is -2.27. The minimum absolute atomic E-state index is 0. The second kappa shape index (κ2) is 11.9. The van der Waals surface area contributed by atoms with Crippen molar-refractivity contribution < 1.29 is 4.79 Å². The molecule has 4 nitrogen and oxygen atoms in total. The SMILES string of the molecule is CCCCc1ccc(CNC(=O)Cc2csc(=NC3CCCCC3)n2C2CC2)cc1.Cl. The van der Waals surface area contributed by atoms with Crippen LogP contribution in [0.1, 0.15) is 87.6 Å². The number of halogens is 1. The topological polar surface area (TPSA) is 46.4 Å². The maximum atomic E-state index is 12.6. The molecule has 0 bridgehead atoms. The van der Waals surface area contributed by atoms with E-state index in [1.807, 2.05) is 0 Å². The fourth-order valence-electron chi connectivity index (χ4n) is 4.30. The Morgan fingerprint density at radius 1 is 1.10 bits per heavy atom. The lowest BCUT2D eigenvalue weighted by molar-refractivity contribution is -0.120. The summed E-state index contributed by atoms with van der Waals surface area (Å²) < 4.78 is 2.36. The molecule has 1 heterocycles. The summed E-state index contributed by atoms with van der Waals surface area (Å²) in [6, 6.07) is 9.69. The van der Waals surface area contributed by atoms with E-state index >= 15 is 0 Å². The smallest absolute Gasteiger partial charge is 0.226 e. The molecular weight excluding hydrogens is 426 g/mol. The molecule has 2 aromatic rings. The fourth-order valence-corrected chi connectivity index (χ4v) is 5.33. The highest BCUT2D eigenvalue weighted by Gasteiger charge is 2.28. The Kier molecular flexibility index (Phi) is 9.21. The minimum Gasteiger partial charge on any atom is -0.352 e. The van der Waals surface area contributed by atoms with E-state index in [-0.39, 0.29) is 18.3 Å². The van der Waals surface area contributed by atoms with Crippen molar-refractivity contribution in [3.63, 3.8) is 0 Å². The van der Waals surface area contributed by atoms with Crippen LogP contribution in [-0.4, -0.2) is 16.5 Å². The third-order valence-corrected chi connectivity index (χ3v) is 7.17. The number of aromatic nitrogens is 1. The second-order valence-electron chi connectivity index (χ2n) is 8.91. The van der Waals surface area contributed by atoms with Crippen LogP contribution in [0, 0.1) is 0 Å². The van der Waals surface area contributed by atoms with Gasteiger partial charge in [0, 0.05) is 23.7 Å². The van der Waals surface area contributed by atoms with Crippen LogP contribution in [0.4, 0.5) is 0 Å². The number of carbonyl (C=O) groups excluding carboxylic acids is 1. The van der Waals surface area contributed by atoms with Gasteiger partial charge in [-0.1, -0.05) is 56.9 Å². The highest BCUT2D eigenvalue weighted by molar-refractivity contribution is 7.07. The van der Waals surface area contributed by atoms with Gasteiger partial charge in [0.2, 0.25) is 5.91 Å². The molecule has 1 amide bonds. The van der Waals surface area contributed by atoms with Gasteiger partial charge in [-0.3, -0.25) is 9.79 Å². The maximum absolute atomic E-state index is 12.6. The molecule has 0 aliphatic heterocycles. The van der Waals surface area contributed by atoms with Crippen molar-refractivity contribution in [3.8, 4) is 0 Å². The number of benzene rings is 1. The molecule has 1 N–H and O–H groups in total. The molecule has 1 aromatic carbocycles. The summed E-state index contributed by atoms with van der Waals surface area (Å²) in [5, 5.41) is 5.26. The molecule has 4 rings (SSSR count). The van der Waals surface area contributed by atoms with Crippen LogP contribution in [0.15, 0.2) is 34.6 Å². The normalized spacial score (nSPS) is 17.4. The number of nitrogens with one attached hydrogen (secondary N) is 1. The van der Waals surface area contributed by atoms with Gasteiger partial charge in [0.15, 0.2) is 4.80 Å². The molecule has 0 unspecified atom stereocenters. The van der Waals surface area contributed by atoms with Crippen LogP contribution >= 0.6 is 23.7 Å². The van der Waals surface area contributed by atoms with Crippen molar-refractivity contribution in [1.82, 2.24) is 9.88 Å². The highest BCUT2D eigenvalue weighted by atomic mass is 35.5. The number of nitrogens with zero attached hydrogens (tertiary/aromatic N) is 2. The van der Waals surface area contributed by atoms with Crippen LogP contribution in [-0.2, 0) is 24.2 Å². The van der Waals surface area contributed by atoms with Crippen molar-refractivity contribution in [1.29, 1.82) is 0 Å². The quantitative estimate of drug-likeness (QED) is 0.508. The Balaban J connectivity index is 0.00000272. The first-order valence-corrected chi connectivity index (χ1v) is 12.7. The Hall–Kier alpha value is -1.59. The van der Waals surface area contributed by atoms with Crippen LogP contribution in [0.25, 0.3) is 0 Å². The number of hydrogen-bond donors (Lipinski definition) is 1. The molecule has 0 spiro atoms. The molecule has 0 radical (unpaired) electrons. The molecule has 0 saturated heterocycles. The Morgan fingerprint density at radius 3 is 2.48 bits per heavy atom. The number of amides is 1. The van der Waals surface area contributed by atoms with Crippen molar-refractivity contribution >= 4 is 29.7 Å². The number of unbranched alkanes of at least 4 members (excludes halogenated alkanes) is 1. The molecular formula is C25H36ClN3OS. The number of carbonyl (C=O) groups is 1. The van der Waals surface area contributed by atoms with E-state index in [2.05, 4.69) is 46.5 Å². The van der Waals surface area contributed by atoms with Gasteiger partial charge in [-0.05, 0) is 49.7 Å². The van der Waals surface area contributed by atoms with Crippen LogP contribution in [0.3, 0.4) is 0 Å². The van der Waals surface area contributed by atoms with Gasteiger partial charge in [-0.2, -0.15) is 0 Å². The maximum Gasteiger partial charge on any atom is 0.226 e. The highest BCUT2D eigenvalue weighted by Crippen LogP contribution is 2.35. The first-order valence-electron chi connectivity index (χ1n) is 11.8. The van der Waals surface area contributed by atoms with E-state index in [0.717, 1.165) is 22.5 Å². The minimum atomic E-state index is 0. The van der Waals surface area contributed by atoms with E-state index in [1.165, 1.54) is 63.4 Å². The summed E-state index contributed by atoms with van der Waals surface area (Å²) in [6.45, 7) is 2.82. The van der Waals surface area contributed by atoms with Crippen LogP contribution in [0.2, 0.25) is 0 Å². The van der Waals surface area contributed by atoms with Crippen LogP contribution < -0.4 is 10.1 Å². The van der Waals surface area contributed by atoms with Gasteiger partial charge in [-0.25, -0.2) is 0 Å². The molecule has 2 fully saturated rings. The second-order valence-corrected chi connectivity index (χ2v) is 9.74. The molecule has 2 aliphatic carbocycles. The van der Waals surface area contributed by atoms with Gasteiger partial charge in [0.05, 0.1) is 12.5 Å². The lowest BCUT2D eigenvalue weighted by Gasteiger charge is -2.17. The molecule has 1 aromatic heterocycles. The fraction of sp³-hybridized carbons (Fsp3) is 0.600. The predicted molar refractivity (Wildman–Crippen MR) is 131 cm³/mol. The van der Waals surface area contributed by atoms with E-state index in [4.69, 9.17) is 4.99 Å². The Labute approximate surface area is 196 Å². The number of thiazole rings is 1. The third kappa shape index (κ3) is 6.95. The largest absolute Gasteiger partial charge is 0.352 e.